The summed E-state index contributed by atoms with van der Waals surface area (Å²) in [6.45, 7) is -0.232. The number of carbonyl (C=O) groups excluding carboxylic acids is 3. The Hall–Kier alpha value is -3.39. The first-order valence-electron chi connectivity index (χ1n) is 9.17. The van der Waals surface area contributed by atoms with E-state index in [0.717, 1.165) is 5.56 Å². The van der Waals surface area contributed by atoms with Gasteiger partial charge in [0.05, 0.1) is 0 Å². The van der Waals surface area contributed by atoms with E-state index in [4.69, 9.17) is 21.4 Å². The Bertz CT molecular complexity index is 958. The van der Waals surface area contributed by atoms with Gasteiger partial charge in [0.2, 0.25) is 11.8 Å². The smallest absolute Gasteiger partial charge is 0.322 e. The highest BCUT2D eigenvalue weighted by Gasteiger charge is 2.40. The number of benzene rings is 2. The summed E-state index contributed by atoms with van der Waals surface area (Å²) in [4.78, 5) is 48.8. The number of ketones is 1. The molecule has 1 atom stereocenters. The van der Waals surface area contributed by atoms with Gasteiger partial charge in [-0.05, 0) is 42.0 Å². The van der Waals surface area contributed by atoms with Crippen LogP contribution in [0.5, 0.6) is 11.5 Å². The molecule has 1 heterocycles. The van der Waals surface area contributed by atoms with Gasteiger partial charge in [0, 0.05) is 24.5 Å². The average Bonchev–Trinajstić information content (AvgIpc) is 2.72. The lowest BCUT2D eigenvalue weighted by molar-refractivity contribution is -0.152. The minimum Gasteiger partial charge on any atom is -0.480 e. The number of nitrogens with one attached hydrogen (secondary N) is 1. The van der Waals surface area contributed by atoms with Gasteiger partial charge in [-0.3, -0.25) is 19.2 Å². The molecule has 0 radical (unpaired) electrons. The highest BCUT2D eigenvalue weighted by molar-refractivity contribution is 6.30. The van der Waals surface area contributed by atoms with E-state index in [1.165, 1.54) is 4.90 Å². The predicted molar refractivity (Wildman–Crippen MR) is 107 cm³/mol. The number of piperidine rings is 1. The molecule has 9 heteroatoms. The Kier molecular flexibility index (Phi) is 6.68. The predicted octanol–water partition coefficient (Wildman–Crippen LogP) is 2.25. The second-order valence-electron chi connectivity index (χ2n) is 6.72. The fourth-order valence-electron chi connectivity index (χ4n) is 3.02. The van der Waals surface area contributed by atoms with Crippen molar-refractivity contribution in [2.24, 2.45) is 5.92 Å². The fraction of sp³-hybridized carbons (Fsp3) is 0.238. The van der Waals surface area contributed by atoms with Gasteiger partial charge in [-0.1, -0.05) is 23.7 Å². The number of halogens is 1. The van der Waals surface area contributed by atoms with Crippen molar-refractivity contribution in [3.05, 3.63) is 59.1 Å². The maximum Gasteiger partial charge on any atom is 0.322 e. The number of Topliss-reactive ketones (excluding diaryl/α,β-unsaturated/α-hetero) is 1. The molecule has 0 spiro atoms. The normalized spacial score (nSPS) is 16.3. The van der Waals surface area contributed by atoms with Gasteiger partial charge in [-0.25, -0.2) is 0 Å². The van der Waals surface area contributed by atoms with Crippen molar-refractivity contribution >= 4 is 35.2 Å². The van der Waals surface area contributed by atoms with Gasteiger partial charge in [0.1, 0.15) is 18.0 Å². The Morgan fingerprint density at radius 1 is 1.07 bits per heavy atom. The van der Waals surface area contributed by atoms with Crippen molar-refractivity contribution < 1.29 is 29.0 Å². The number of carboxylic acids is 1. The topological polar surface area (TPSA) is 113 Å². The number of hydrogen-bond acceptors (Lipinski definition) is 5. The van der Waals surface area contributed by atoms with E-state index in [9.17, 15) is 19.2 Å². The zero-order valence-corrected chi connectivity index (χ0v) is 16.6. The number of ether oxygens (including phenoxy) is 1. The monoisotopic (exact) mass is 430 g/mol. The Morgan fingerprint density at radius 2 is 1.67 bits per heavy atom. The number of likely N-dealkylation sites (tertiary alicyclic amines) is 1. The third-order valence-electron chi connectivity index (χ3n) is 4.53. The van der Waals surface area contributed by atoms with Crippen molar-refractivity contribution in [2.45, 2.75) is 13.0 Å². The van der Waals surface area contributed by atoms with Crippen LogP contribution in [0.15, 0.2) is 48.5 Å². The number of carbonyl (C=O) groups is 4. The molecule has 1 unspecified atom stereocenters. The molecule has 2 amide bonds. The van der Waals surface area contributed by atoms with E-state index >= 15 is 0 Å². The van der Waals surface area contributed by atoms with E-state index in [1.54, 1.807) is 48.5 Å². The lowest BCUT2D eigenvalue weighted by Gasteiger charge is -2.30. The van der Waals surface area contributed by atoms with Crippen molar-refractivity contribution in [3.63, 3.8) is 0 Å². The molecule has 2 N–H and O–H groups in total. The molecule has 0 aliphatic carbocycles. The molecule has 1 saturated heterocycles. The van der Waals surface area contributed by atoms with Gasteiger partial charge in [0.25, 0.3) is 0 Å². The van der Waals surface area contributed by atoms with Gasteiger partial charge >= 0.3 is 5.97 Å². The molecular formula is C21H19ClN2O6. The molecule has 1 aliphatic rings. The molecule has 0 bridgehead atoms. The summed E-state index contributed by atoms with van der Waals surface area (Å²) >= 11 is 5.85. The molecule has 8 nitrogen and oxygen atoms in total. The number of amides is 2. The molecule has 2 aromatic carbocycles. The molecule has 1 fully saturated rings. The van der Waals surface area contributed by atoms with Crippen molar-refractivity contribution in [2.75, 3.05) is 13.1 Å². The van der Waals surface area contributed by atoms with Crippen LogP contribution >= 0.6 is 11.6 Å². The number of nitrogens with zero attached hydrogens (tertiary/aromatic N) is 1. The maximum atomic E-state index is 12.6. The lowest BCUT2D eigenvalue weighted by atomic mass is 9.94. The van der Waals surface area contributed by atoms with Crippen LogP contribution < -0.4 is 10.1 Å². The van der Waals surface area contributed by atoms with Gasteiger partial charge in [-0.15, -0.1) is 0 Å². The number of hydrogen-bond donors (Lipinski definition) is 2. The van der Waals surface area contributed by atoms with E-state index < -0.39 is 36.0 Å². The molecule has 2 aromatic rings. The number of rotatable bonds is 7. The summed E-state index contributed by atoms with van der Waals surface area (Å²) < 4.78 is 5.72. The first-order valence-corrected chi connectivity index (χ1v) is 9.54. The lowest BCUT2D eigenvalue weighted by Crippen LogP contribution is -2.52. The molecule has 0 aromatic heterocycles. The Morgan fingerprint density at radius 3 is 2.27 bits per heavy atom. The maximum absolute atomic E-state index is 12.6. The van der Waals surface area contributed by atoms with Crippen LogP contribution in [0.4, 0.5) is 0 Å². The summed E-state index contributed by atoms with van der Waals surface area (Å²) in [5.41, 5.74) is 0.797. The van der Waals surface area contributed by atoms with Crippen molar-refractivity contribution in [3.8, 4) is 11.5 Å². The molecule has 3 rings (SSSR count). The highest BCUT2D eigenvalue weighted by atomic mass is 35.5. The van der Waals surface area contributed by atoms with Crippen molar-refractivity contribution in [1.82, 2.24) is 10.2 Å². The molecule has 30 heavy (non-hydrogen) atoms. The summed E-state index contributed by atoms with van der Waals surface area (Å²) in [6, 6.07) is 14.0. The van der Waals surface area contributed by atoms with E-state index in [0.29, 0.717) is 16.5 Å². The van der Waals surface area contributed by atoms with Crippen LogP contribution in [0.25, 0.3) is 0 Å². The second kappa shape index (κ2) is 9.41. The summed E-state index contributed by atoms with van der Waals surface area (Å²) in [6.07, 6.45) is 0.0364. The fourth-order valence-corrected chi connectivity index (χ4v) is 3.15. The third-order valence-corrected chi connectivity index (χ3v) is 4.78. The molecular weight excluding hydrogens is 412 g/mol. The van der Waals surface area contributed by atoms with Crippen LogP contribution in [-0.4, -0.2) is 46.7 Å². The minimum absolute atomic E-state index is 0.0364. The number of aliphatic carboxylic acids is 1. The van der Waals surface area contributed by atoms with Crippen molar-refractivity contribution in [1.29, 1.82) is 0 Å². The highest BCUT2D eigenvalue weighted by Crippen LogP contribution is 2.24. The number of carboxylic acid groups (broad SMARTS) is 1. The van der Waals surface area contributed by atoms with E-state index in [-0.39, 0.29) is 19.5 Å². The summed E-state index contributed by atoms with van der Waals surface area (Å²) in [5, 5.41) is 11.4. The SMILES string of the molecule is O=C(O)CNC(=O)C1C(=O)CCN(Cc2ccc(Oc3ccc(Cl)cc3)cc2)C1=O. The second-order valence-corrected chi connectivity index (χ2v) is 7.16. The average molecular weight is 431 g/mol. The van der Waals surface area contributed by atoms with Gasteiger partial charge < -0.3 is 20.1 Å². The first kappa shape index (κ1) is 21.3. The van der Waals surface area contributed by atoms with Crippen LogP contribution in [-0.2, 0) is 25.7 Å². The zero-order valence-electron chi connectivity index (χ0n) is 15.8. The van der Waals surface area contributed by atoms with Crippen LogP contribution in [0.1, 0.15) is 12.0 Å². The first-order chi connectivity index (χ1) is 14.3. The largest absolute Gasteiger partial charge is 0.480 e. The Balaban J connectivity index is 1.62. The summed E-state index contributed by atoms with van der Waals surface area (Å²) in [5.74, 6) is -3.55. The van der Waals surface area contributed by atoms with Crippen LogP contribution in [0.2, 0.25) is 5.02 Å². The molecule has 1 aliphatic heterocycles. The van der Waals surface area contributed by atoms with Gasteiger partial charge in [0.15, 0.2) is 11.7 Å². The van der Waals surface area contributed by atoms with Crippen LogP contribution in [0.3, 0.4) is 0 Å². The standard InChI is InChI=1S/C21H19ClN2O6/c22-14-3-7-16(8-4-14)30-15-5-1-13(2-6-15)12-24-10-9-17(25)19(21(24)29)20(28)23-11-18(26)27/h1-8,19H,9-12H2,(H,23,28)(H,26,27). The molecule has 0 saturated carbocycles. The van der Waals surface area contributed by atoms with Crippen LogP contribution in [0, 0.1) is 5.92 Å². The zero-order chi connectivity index (χ0) is 21.7. The van der Waals surface area contributed by atoms with E-state index in [1.807, 2.05) is 0 Å². The molecule has 156 valence electrons. The quantitative estimate of drug-likeness (QED) is 0.651. The Labute approximate surface area is 177 Å². The third kappa shape index (κ3) is 5.36. The summed E-state index contributed by atoms with van der Waals surface area (Å²) in [7, 11) is 0. The van der Waals surface area contributed by atoms with Gasteiger partial charge in [-0.2, -0.15) is 0 Å². The van der Waals surface area contributed by atoms with E-state index in [2.05, 4.69) is 5.32 Å². The minimum atomic E-state index is -1.51.